The van der Waals surface area contributed by atoms with Gasteiger partial charge in [0.1, 0.15) is 0 Å². The van der Waals surface area contributed by atoms with Crippen LogP contribution in [-0.4, -0.2) is 37.2 Å². The molecule has 17 heavy (non-hydrogen) atoms. The summed E-state index contributed by atoms with van der Waals surface area (Å²) in [5.41, 5.74) is 2.16. The highest BCUT2D eigenvalue weighted by Gasteiger charge is 2.09. The molecule has 4 nitrogen and oxygen atoms in total. The number of hydrogen-bond acceptors (Lipinski definition) is 4. The summed E-state index contributed by atoms with van der Waals surface area (Å²) >= 11 is 0. The second-order valence-electron chi connectivity index (χ2n) is 4.77. The van der Waals surface area contributed by atoms with Gasteiger partial charge in [-0.05, 0) is 38.9 Å². The van der Waals surface area contributed by atoms with E-state index in [2.05, 4.69) is 47.1 Å². The number of rotatable bonds is 6. The molecule has 0 radical (unpaired) electrons. The van der Waals surface area contributed by atoms with Crippen molar-refractivity contribution < 1.29 is 0 Å². The molecule has 0 spiro atoms. The molecule has 0 saturated carbocycles. The van der Waals surface area contributed by atoms with Crippen LogP contribution in [0.3, 0.4) is 0 Å². The Morgan fingerprint density at radius 2 is 2.06 bits per heavy atom. The van der Waals surface area contributed by atoms with Gasteiger partial charge in [0.2, 0.25) is 5.95 Å². The topological polar surface area (TPSA) is 41.0 Å². The van der Waals surface area contributed by atoms with Crippen LogP contribution in [0.15, 0.2) is 6.07 Å². The lowest BCUT2D eigenvalue weighted by Gasteiger charge is -2.18. The van der Waals surface area contributed by atoms with E-state index in [1.165, 1.54) is 0 Å². The molecule has 0 aliphatic heterocycles. The zero-order valence-electron chi connectivity index (χ0n) is 11.6. The number of nitrogens with one attached hydrogen (secondary N) is 1. The maximum atomic E-state index is 4.61. The lowest BCUT2D eigenvalue weighted by atomic mass is 10.1. The molecule has 0 unspecified atom stereocenters. The maximum absolute atomic E-state index is 4.61. The summed E-state index contributed by atoms with van der Waals surface area (Å²) in [4.78, 5) is 11.2. The summed E-state index contributed by atoms with van der Waals surface area (Å²) in [6, 6.07) is 2.07. The summed E-state index contributed by atoms with van der Waals surface area (Å²) in [6.45, 7) is 8.34. The third kappa shape index (κ3) is 4.30. The van der Waals surface area contributed by atoms with Gasteiger partial charge in [0, 0.05) is 25.0 Å². The lowest BCUT2D eigenvalue weighted by Crippen LogP contribution is -2.24. The molecule has 0 bridgehead atoms. The maximum Gasteiger partial charge on any atom is 0.225 e. The molecule has 0 aromatic carbocycles. The fraction of sp³-hybridized carbons (Fsp3) is 0.692. The third-order valence-electron chi connectivity index (χ3n) is 2.72. The molecule has 0 amide bonds. The molecule has 1 N–H and O–H groups in total. The molecule has 1 heterocycles. The average molecular weight is 236 g/mol. The molecule has 0 atom stereocenters. The van der Waals surface area contributed by atoms with Crippen LogP contribution < -0.4 is 10.2 Å². The molecular formula is C13H24N4. The summed E-state index contributed by atoms with van der Waals surface area (Å²) in [7, 11) is 4.02. The fourth-order valence-electron chi connectivity index (χ4n) is 1.64. The Hall–Kier alpha value is -1.16. The first-order valence-corrected chi connectivity index (χ1v) is 6.26. The van der Waals surface area contributed by atoms with Gasteiger partial charge in [-0.25, -0.2) is 9.97 Å². The van der Waals surface area contributed by atoms with Crippen molar-refractivity contribution in [1.29, 1.82) is 0 Å². The fourth-order valence-corrected chi connectivity index (χ4v) is 1.64. The predicted octanol–water partition coefficient (Wildman–Crippen LogP) is 1.95. The SMILES string of the molecule is CNCCCN(C)c1nc(C)cc(C(C)C)n1. The highest BCUT2D eigenvalue weighted by atomic mass is 15.2. The van der Waals surface area contributed by atoms with Crippen molar-refractivity contribution in [2.45, 2.75) is 33.1 Å². The van der Waals surface area contributed by atoms with Gasteiger partial charge < -0.3 is 10.2 Å². The van der Waals surface area contributed by atoms with Gasteiger partial charge in [-0.2, -0.15) is 0 Å². The smallest absolute Gasteiger partial charge is 0.225 e. The van der Waals surface area contributed by atoms with E-state index in [-0.39, 0.29) is 0 Å². The van der Waals surface area contributed by atoms with Gasteiger partial charge in [-0.15, -0.1) is 0 Å². The van der Waals surface area contributed by atoms with Crippen molar-refractivity contribution in [3.8, 4) is 0 Å². The quantitative estimate of drug-likeness (QED) is 0.767. The van der Waals surface area contributed by atoms with Crippen molar-refractivity contribution >= 4 is 5.95 Å². The Labute approximate surface area is 104 Å². The summed E-state index contributed by atoms with van der Waals surface area (Å²) in [5.74, 6) is 1.28. The monoisotopic (exact) mass is 236 g/mol. The second kappa shape index (κ2) is 6.55. The van der Waals surface area contributed by atoms with Crippen LogP contribution >= 0.6 is 0 Å². The minimum Gasteiger partial charge on any atom is -0.344 e. The summed E-state index contributed by atoms with van der Waals surface area (Å²) in [6.07, 6.45) is 1.10. The van der Waals surface area contributed by atoms with Crippen molar-refractivity contribution in [2.75, 3.05) is 32.1 Å². The molecule has 1 aromatic rings. The Morgan fingerprint density at radius 3 is 2.65 bits per heavy atom. The highest BCUT2D eigenvalue weighted by molar-refractivity contribution is 5.31. The van der Waals surface area contributed by atoms with Crippen molar-refractivity contribution in [3.63, 3.8) is 0 Å². The zero-order valence-corrected chi connectivity index (χ0v) is 11.6. The average Bonchev–Trinajstić information content (AvgIpc) is 2.28. The van der Waals surface area contributed by atoms with Crippen LogP contribution in [0.2, 0.25) is 0 Å². The summed E-state index contributed by atoms with van der Waals surface area (Å²) in [5, 5.41) is 3.15. The van der Waals surface area contributed by atoms with E-state index < -0.39 is 0 Å². The Morgan fingerprint density at radius 1 is 1.35 bits per heavy atom. The first-order valence-electron chi connectivity index (χ1n) is 6.26. The molecule has 96 valence electrons. The Bertz CT molecular complexity index is 349. The van der Waals surface area contributed by atoms with E-state index in [9.17, 15) is 0 Å². The van der Waals surface area contributed by atoms with Crippen LogP contribution in [-0.2, 0) is 0 Å². The minimum absolute atomic E-state index is 0.446. The molecule has 0 fully saturated rings. The van der Waals surface area contributed by atoms with Crippen molar-refractivity contribution in [2.24, 2.45) is 0 Å². The number of aryl methyl sites for hydroxylation is 1. The van der Waals surface area contributed by atoms with E-state index >= 15 is 0 Å². The molecule has 4 heteroatoms. The molecule has 1 aromatic heterocycles. The van der Waals surface area contributed by atoms with Gasteiger partial charge in [-0.3, -0.25) is 0 Å². The second-order valence-corrected chi connectivity index (χ2v) is 4.77. The molecule has 0 aliphatic carbocycles. The van der Waals surface area contributed by atoms with Gasteiger partial charge in [-0.1, -0.05) is 13.8 Å². The van der Waals surface area contributed by atoms with E-state index in [1.807, 2.05) is 14.0 Å². The van der Waals surface area contributed by atoms with E-state index in [1.54, 1.807) is 0 Å². The van der Waals surface area contributed by atoms with Crippen LogP contribution in [0.4, 0.5) is 5.95 Å². The van der Waals surface area contributed by atoms with E-state index in [0.717, 1.165) is 36.8 Å². The minimum atomic E-state index is 0.446. The first-order chi connectivity index (χ1) is 8.04. The van der Waals surface area contributed by atoms with E-state index in [4.69, 9.17) is 0 Å². The first kappa shape index (κ1) is 13.9. The largest absolute Gasteiger partial charge is 0.344 e. The van der Waals surface area contributed by atoms with Crippen molar-refractivity contribution in [1.82, 2.24) is 15.3 Å². The Kier molecular flexibility index (Phi) is 5.35. The molecule has 1 rings (SSSR count). The number of hydrogen-bond donors (Lipinski definition) is 1. The van der Waals surface area contributed by atoms with Crippen LogP contribution in [0.25, 0.3) is 0 Å². The van der Waals surface area contributed by atoms with Crippen LogP contribution in [0, 0.1) is 6.92 Å². The van der Waals surface area contributed by atoms with Gasteiger partial charge in [0.25, 0.3) is 0 Å². The van der Waals surface area contributed by atoms with Crippen LogP contribution in [0.5, 0.6) is 0 Å². The van der Waals surface area contributed by atoms with E-state index in [0.29, 0.717) is 5.92 Å². The number of aromatic nitrogens is 2. The van der Waals surface area contributed by atoms with Crippen LogP contribution in [0.1, 0.15) is 37.6 Å². The molecule has 0 saturated heterocycles. The lowest BCUT2D eigenvalue weighted by molar-refractivity contribution is 0.698. The molecular weight excluding hydrogens is 212 g/mol. The standard InChI is InChI=1S/C13H24N4/c1-10(2)12-9-11(3)15-13(16-12)17(5)8-6-7-14-4/h9-10,14H,6-8H2,1-5H3. The van der Waals surface area contributed by atoms with Crippen molar-refractivity contribution in [3.05, 3.63) is 17.5 Å². The Balaban J connectivity index is 2.75. The van der Waals surface area contributed by atoms with Gasteiger partial charge in [0.15, 0.2) is 0 Å². The molecule has 0 aliphatic rings. The zero-order chi connectivity index (χ0) is 12.8. The van der Waals surface area contributed by atoms with Gasteiger partial charge in [0.05, 0.1) is 0 Å². The predicted molar refractivity (Wildman–Crippen MR) is 72.7 cm³/mol. The summed E-state index contributed by atoms with van der Waals surface area (Å²) < 4.78 is 0. The third-order valence-corrected chi connectivity index (χ3v) is 2.72. The number of anilines is 1. The highest BCUT2D eigenvalue weighted by Crippen LogP contribution is 2.16. The van der Waals surface area contributed by atoms with Gasteiger partial charge >= 0.3 is 0 Å². The number of nitrogens with zero attached hydrogens (tertiary/aromatic N) is 3. The normalized spacial score (nSPS) is 10.9.